The Kier molecular flexibility index (Phi) is 6.34. The van der Waals surface area contributed by atoms with Gasteiger partial charge in [0.05, 0.1) is 12.3 Å². The lowest BCUT2D eigenvalue weighted by Crippen LogP contribution is -2.07. The second kappa shape index (κ2) is 8.69. The summed E-state index contributed by atoms with van der Waals surface area (Å²) in [5.41, 5.74) is 1.12. The van der Waals surface area contributed by atoms with Crippen LogP contribution < -0.4 is 0 Å². The second-order valence-corrected chi connectivity index (χ2v) is 8.48. The van der Waals surface area contributed by atoms with Gasteiger partial charge in [0, 0.05) is 6.20 Å². The van der Waals surface area contributed by atoms with E-state index in [4.69, 9.17) is 4.74 Å². The molecular formula is C19H22FIN2O2. The Bertz CT molecular complexity index is 767. The van der Waals surface area contributed by atoms with Crippen molar-refractivity contribution in [2.24, 2.45) is 5.92 Å². The molecule has 6 heteroatoms. The summed E-state index contributed by atoms with van der Waals surface area (Å²) < 4.78 is 23.4. The molecule has 1 aliphatic carbocycles. The summed E-state index contributed by atoms with van der Waals surface area (Å²) in [6, 6.07) is 6.22. The van der Waals surface area contributed by atoms with E-state index in [1.807, 2.05) is 0 Å². The monoisotopic (exact) mass is 456 g/mol. The number of benzene rings is 1. The first-order valence-corrected chi connectivity index (χ1v) is 11.0. The van der Waals surface area contributed by atoms with Crippen molar-refractivity contribution in [1.29, 1.82) is 0 Å². The Morgan fingerprint density at radius 2 is 2.20 bits per heavy atom. The first-order chi connectivity index (χ1) is 12.2. The van der Waals surface area contributed by atoms with Gasteiger partial charge in [0.25, 0.3) is 0 Å². The molecule has 0 aliphatic heterocycles. The molecule has 1 aliphatic rings. The number of nitrogens with zero attached hydrogens (tertiary/aromatic N) is 2. The van der Waals surface area contributed by atoms with Crippen molar-refractivity contribution in [2.75, 3.05) is 6.61 Å². The van der Waals surface area contributed by atoms with Crippen molar-refractivity contribution in [3.05, 3.63) is 45.5 Å². The number of ether oxygens (including phenoxy) is 1. The Morgan fingerprint density at radius 1 is 1.40 bits per heavy atom. The second-order valence-electron chi connectivity index (χ2n) is 6.11. The van der Waals surface area contributed by atoms with Crippen molar-refractivity contribution >= 4 is 30.7 Å². The number of rotatable bonds is 5. The topological polar surface area (TPSA) is 44.1 Å². The summed E-state index contributed by atoms with van der Waals surface area (Å²) in [5, 5.41) is 4.58. The standard InChI is InChI=1S/C19H22FIN2O2/c1-2-25-19(24)17-13-23(16-10-6-9-15(20)11-16)22-18(17)21-12-14-7-4-3-5-8-14/h6,9-14H,2-5,7-8H2,1H3. The molecule has 1 aromatic carbocycles. The number of hydrogen-bond acceptors (Lipinski definition) is 3. The van der Waals surface area contributed by atoms with E-state index in [-0.39, 0.29) is 11.8 Å². The first-order valence-electron chi connectivity index (χ1n) is 8.67. The van der Waals surface area contributed by atoms with E-state index >= 15 is 0 Å². The number of aromatic nitrogens is 2. The van der Waals surface area contributed by atoms with Crippen LogP contribution in [-0.2, 0) is 4.74 Å². The summed E-state index contributed by atoms with van der Waals surface area (Å²) in [5.74, 6) is -0.0384. The SMILES string of the molecule is CCOC(=O)c1cn(-c2cccc(F)c2)nc1I=CC1CCCCC1. The minimum Gasteiger partial charge on any atom is -0.462 e. The van der Waals surface area contributed by atoms with Crippen molar-refractivity contribution in [3.8, 4) is 5.69 Å². The van der Waals surface area contributed by atoms with Gasteiger partial charge in [-0.1, -0.05) is 46.1 Å². The average Bonchev–Trinajstić information content (AvgIpc) is 3.05. The maximum atomic E-state index is 13.5. The van der Waals surface area contributed by atoms with Crippen LogP contribution in [0.25, 0.3) is 5.69 Å². The zero-order valence-corrected chi connectivity index (χ0v) is 16.4. The van der Waals surface area contributed by atoms with Gasteiger partial charge in [-0.05, 0) is 47.9 Å². The molecule has 1 saturated carbocycles. The molecule has 0 bridgehead atoms. The van der Waals surface area contributed by atoms with Crippen LogP contribution in [0.2, 0.25) is 0 Å². The fourth-order valence-electron chi connectivity index (χ4n) is 2.94. The van der Waals surface area contributed by atoms with E-state index in [9.17, 15) is 9.18 Å². The van der Waals surface area contributed by atoms with Gasteiger partial charge in [0.2, 0.25) is 0 Å². The van der Waals surface area contributed by atoms with E-state index in [0.717, 1.165) is 3.70 Å². The van der Waals surface area contributed by atoms with Crippen LogP contribution in [0.1, 0.15) is 49.4 Å². The molecule has 0 radical (unpaired) electrons. The molecule has 4 nitrogen and oxygen atoms in total. The lowest BCUT2D eigenvalue weighted by Gasteiger charge is -2.17. The predicted molar refractivity (Wildman–Crippen MR) is 105 cm³/mol. The number of carbonyl (C=O) groups is 1. The molecule has 0 spiro atoms. The molecule has 25 heavy (non-hydrogen) atoms. The predicted octanol–water partition coefficient (Wildman–Crippen LogP) is 4.71. The van der Waals surface area contributed by atoms with Crippen molar-refractivity contribution < 1.29 is 13.9 Å². The summed E-state index contributed by atoms with van der Waals surface area (Å²) in [6.45, 7) is 2.12. The third kappa shape index (κ3) is 4.74. The fourth-order valence-corrected chi connectivity index (χ4v) is 5.56. The van der Waals surface area contributed by atoms with E-state index in [0.29, 0.717) is 23.8 Å². The number of carbonyl (C=O) groups excluding carboxylic acids is 1. The molecule has 0 unspecified atom stereocenters. The third-order valence-corrected chi connectivity index (χ3v) is 7.00. The van der Waals surface area contributed by atoms with Crippen LogP contribution in [0.3, 0.4) is 0 Å². The van der Waals surface area contributed by atoms with Gasteiger partial charge in [-0.3, -0.25) is 0 Å². The maximum Gasteiger partial charge on any atom is 0.342 e. The molecule has 2 aromatic rings. The van der Waals surface area contributed by atoms with Crippen LogP contribution in [0.4, 0.5) is 4.39 Å². The molecular weight excluding hydrogens is 434 g/mol. The summed E-state index contributed by atoms with van der Waals surface area (Å²) in [7, 11) is 0. The van der Waals surface area contributed by atoms with Gasteiger partial charge in [-0.2, -0.15) is 5.10 Å². The highest BCUT2D eigenvalue weighted by Crippen LogP contribution is 2.26. The zero-order chi connectivity index (χ0) is 17.6. The number of esters is 1. The lowest BCUT2D eigenvalue weighted by atomic mass is 9.91. The number of hydrogen-bond donors (Lipinski definition) is 0. The van der Waals surface area contributed by atoms with Gasteiger partial charge in [-0.15, -0.1) is 0 Å². The molecule has 1 heterocycles. The van der Waals surface area contributed by atoms with Crippen LogP contribution >= 0.6 is 20.7 Å². The van der Waals surface area contributed by atoms with Crippen molar-refractivity contribution in [2.45, 2.75) is 39.0 Å². The maximum absolute atomic E-state index is 13.5. The quantitative estimate of drug-likeness (QED) is 0.484. The Labute approximate surface area is 157 Å². The Morgan fingerprint density at radius 3 is 2.92 bits per heavy atom. The minimum absolute atomic E-state index is 0.323. The Balaban J connectivity index is 1.91. The van der Waals surface area contributed by atoms with E-state index < -0.39 is 20.7 Å². The zero-order valence-electron chi connectivity index (χ0n) is 14.3. The first kappa shape index (κ1) is 18.2. The van der Waals surface area contributed by atoms with Crippen LogP contribution in [-0.4, -0.2) is 26.4 Å². The summed E-state index contributed by atoms with van der Waals surface area (Å²) >= 11 is -0.496. The largest absolute Gasteiger partial charge is 0.462 e. The smallest absolute Gasteiger partial charge is 0.342 e. The van der Waals surface area contributed by atoms with E-state index in [2.05, 4.69) is 9.11 Å². The fraction of sp³-hybridized carbons (Fsp3) is 0.421. The van der Waals surface area contributed by atoms with E-state index in [1.54, 1.807) is 29.9 Å². The molecule has 3 rings (SSSR count). The molecule has 0 amide bonds. The highest BCUT2D eigenvalue weighted by atomic mass is 127. The average molecular weight is 456 g/mol. The van der Waals surface area contributed by atoms with Crippen molar-refractivity contribution in [1.82, 2.24) is 9.78 Å². The summed E-state index contributed by atoms with van der Waals surface area (Å²) in [4.78, 5) is 12.3. The highest BCUT2D eigenvalue weighted by Gasteiger charge is 2.18. The van der Waals surface area contributed by atoms with Gasteiger partial charge < -0.3 is 4.74 Å². The molecule has 0 atom stereocenters. The van der Waals surface area contributed by atoms with Crippen LogP contribution in [0, 0.1) is 15.4 Å². The molecule has 1 aromatic heterocycles. The normalized spacial score (nSPS) is 15.9. The van der Waals surface area contributed by atoms with Gasteiger partial charge >= 0.3 is 5.97 Å². The summed E-state index contributed by atoms with van der Waals surface area (Å²) in [6.07, 6.45) is 8.03. The van der Waals surface area contributed by atoms with E-state index in [1.165, 1.54) is 44.2 Å². The molecule has 134 valence electrons. The molecule has 0 N–H and O–H groups in total. The van der Waals surface area contributed by atoms with Gasteiger partial charge in [-0.25, -0.2) is 13.9 Å². The minimum atomic E-state index is -0.496. The lowest BCUT2D eigenvalue weighted by molar-refractivity contribution is 0.0525. The van der Waals surface area contributed by atoms with Gasteiger partial charge in [0.15, 0.2) is 0 Å². The Hall–Kier alpha value is -1.57. The van der Waals surface area contributed by atoms with Gasteiger partial charge in [0.1, 0.15) is 15.1 Å². The van der Waals surface area contributed by atoms with Crippen molar-refractivity contribution in [3.63, 3.8) is 0 Å². The van der Waals surface area contributed by atoms with Crippen LogP contribution in [0.5, 0.6) is 0 Å². The number of halogens is 2. The highest BCUT2D eigenvalue weighted by molar-refractivity contribution is 14.2. The molecule has 0 saturated heterocycles. The van der Waals surface area contributed by atoms with Crippen LogP contribution in [0.15, 0.2) is 30.5 Å². The molecule has 1 fully saturated rings. The third-order valence-electron chi connectivity index (χ3n) is 4.23.